The molecule has 0 aromatic heterocycles. The fourth-order valence-corrected chi connectivity index (χ4v) is 3.97. The van der Waals surface area contributed by atoms with E-state index < -0.39 is 5.97 Å². The van der Waals surface area contributed by atoms with Gasteiger partial charge in [0.2, 0.25) is 0 Å². The van der Waals surface area contributed by atoms with Crippen LogP contribution in [-0.4, -0.2) is 28.6 Å². The minimum atomic E-state index is -0.995. The summed E-state index contributed by atoms with van der Waals surface area (Å²) in [5.74, 6) is -0.540. The summed E-state index contributed by atoms with van der Waals surface area (Å²) in [6.45, 7) is 1.53. The summed E-state index contributed by atoms with van der Waals surface area (Å²) >= 11 is 0. The van der Waals surface area contributed by atoms with Crippen molar-refractivity contribution in [3.63, 3.8) is 0 Å². The fourth-order valence-electron chi connectivity index (χ4n) is 3.97. The van der Waals surface area contributed by atoms with Crippen LogP contribution in [0.3, 0.4) is 0 Å². The number of carboxylic acids is 1. The number of piperidine rings is 1. The molecule has 0 unspecified atom stereocenters. The van der Waals surface area contributed by atoms with Crippen molar-refractivity contribution in [3.05, 3.63) is 35.1 Å². The topological polar surface area (TPSA) is 40.5 Å². The summed E-state index contributed by atoms with van der Waals surface area (Å²) in [5.41, 5.74) is 0.685. The molecular weight excluding hydrogens is 269 g/mol. The van der Waals surface area contributed by atoms with Gasteiger partial charge in [-0.15, -0.1) is 0 Å². The highest BCUT2D eigenvalue weighted by atomic mass is 19.1. The zero-order chi connectivity index (χ0) is 14.8. The molecular formula is C17H22FNO2. The Balaban J connectivity index is 1.78. The zero-order valence-corrected chi connectivity index (χ0v) is 12.2. The normalized spacial score (nSPS) is 26.3. The Morgan fingerprint density at radius 2 is 2.00 bits per heavy atom. The summed E-state index contributed by atoms with van der Waals surface area (Å²) in [5, 5.41) is 9.06. The van der Waals surface area contributed by atoms with E-state index in [4.69, 9.17) is 5.11 Å². The third-order valence-electron chi connectivity index (χ3n) is 5.02. The van der Waals surface area contributed by atoms with Crippen LogP contribution in [0.25, 0.3) is 0 Å². The number of fused-ring (bicyclic) bond motifs is 1. The molecule has 1 aliphatic heterocycles. The minimum Gasteiger partial charge on any atom is -0.478 e. The second-order valence-corrected chi connectivity index (χ2v) is 6.34. The van der Waals surface area contributed by atoms with Crippen molar-refractivity contribution >= 4 is 5.97 Å². The summed E-state index contributed by atoms with van der Waals surface area (Å²) in [4.78, 5) is 13.4. The lowest BCUT2D eigenvalue weighted by Crippen LogP contribution is -2.46. The van der Waals surface area contributed by atoms with E-state index in [1.54, 1.807) is 0 Å². The molecule has 1 aliphatic carbocycles. The van der Waals surface area contributed by atoms with Crippen LogP contribution >= 0.6 is 0 Å². The lowest BCUT2D eigenvalue weighted by molar-refractivity contribution is 0.0538. The lowest BCUT2D eigenvalue weighted by Gasteiger charge is -2.44. The smallest absolute Gasteiger partial charge is 0.335 e. The van der Waals surface area contributed by atoms with Gasteiger partial charge in [-0.2, -0.15) is 0 Å². The Kier molecular flexibility index (Phi) is 4.24. The monoisotopic (exact) mass is 291 g/mol. The molecule has 1 N–H and O–H groups in total. The summed E-state index contributed by atoms with van der Waals surface area (Å²) in [6, 6.07) is 4.66. The summed E-state index contributed by atoms with van der Waals surface area (Å²) in [7, 11) is 0. The van der Waals surface area contributed by atoms with Crippen LogP contribution in [0.2, 0.25) is 0 Å². The number of hydrogen-bond acceptors (Lipinski definition) is 2. The average molecular weight is 291 g/mol. The van der Waals surface area contributed by atoms with Crippen molar-refractivity contribution < 1.29 is 14.3 Å². The predicted molar refractivity (Wildman–Crippen MR) is 78.7 cm³/mol. The molecule has 1 saturated carbocycles. The fraction of sp³-hybridized carbons (Fsp3) is 0.588. The Bertz CT molecular complexity index is 530. The molecule has 114 valence electrons. The Morgan fingerprint density at radius 3 is 2.81 bits per heavy atom. The van der Waals surface area contributed by atoms with Gasteiger partial charge in [0, 0.05) is 18.2 Å². The van der Waals surface area contributed by atoms with Crippen molar-refractivity contribution in [1.82, 2.24) is 4.90 Å². The molecule has 0 bridgehead atoms. The van der Waals surface area contributed by atoms with Gasteiger partial charge in [-0.05, 0) is 56.3 Å². The number of aromatic carboxylic acids is 1. The van der Waals surface area contributed by atoms with Gasteiger partial charge in [-0.1, -0.05) is 12.8 Å². The van der Waals surface area contributed by atoms with Gasteiger partial charge in [0.15, 0.2) is 0 Å². The average Bonchev–Trinajstić information content (AvgIpc) is 2.49. The molecule has 1 heterocycles. The van der Waals surface area contributed by atoms with E-state index in [1.807, 2.05) is 0 Å². The van der Waals surface area contributed by atoms with Crippen molar-refractivity contribution in [2.24, 2.45) is 5.92 Å². The first-order valence-corrected chi connectivity index (χ1v) is 7.91. The number of hydrogen-bond donors (Lipinski definition) is 1. The van der Waals surface area contributed by atoms with Crippen LogP contribution < -0.4 is 0 Å². The van der Waals surface area contributed by atoms with Crippen molar-refractivity contribution in [3.8, 4) is 0 Å². The van der Waals surface area contributed by atoms with Crippen LogP contribution in [0.4, 0.5) is 4.39 Å². The molecule has 1 aromatic carbocycles. The molecule has 1 saturated heterocycles. The van der Waals surface area contributed by atoms with Gasteiger partial charge in [0.25, 0.3) is 0 Å². The van der Waals surface area contributed by atoms with Crippen LogP contribution in [0.1, 0.15) is 54.4 Å². The molecule has 4 heteroatoms. The van der Waals surface area contributed by atoms with Crippen LogP contribution in [0.5, 0.6) is 0 Å². The highest BCUT2D eigenvalue weighted by Crippen LogP contribution is 2.36. The Labute approximate surface area is 124 Å². The van der Waals surface area contributed by atoms with Crippen LogP contribution in [0, 0.1) is 11.7 Å². The maximum Gasteiger partial charge on any atom is 0.335 e. The molecule has 0 spiro atoms. The number of benzene rings is 1. The van der Waals surface area contributed by atoms with Gasteiger partial charge in [-0.3, -0.25) is 4.90 Å². The Morgan fingerprint density at radius 1 is 1.24 bits per heavy atom. The van der Waals surface area contributed by atoms with E-state index >= 15 is 0 Å². The molecule has 3 nitrogen and oxygen atoms in total. The molecule has 2 fully saturated rings. The molecule has 1 aromatic rings. The molecule has 2 atom stereocenters. The third kappa shape index (κ3) is 3.10. The maximum atomic E-state index is 14.0. The minimum absolute atomic E-state index is 0.170. The van der Waals surface area contributed by atoms with E-state index in [-0.39, 0.29) is 11.4 Å². The van der Waals surface area contributed by atoms with Gasteiger partial charge < -0.3 is 5.11 Å². The lowest BCUT2D eigenvalue weighted by atomic mass is 9.78. The predicted octanol–water partition coefficient (Wildman–Crippen LogP) is 3.68. The number of nitrogens with zero attached hydrogens (tertiary/aromatic N) is 1. The van der Waals surface area contributed by atoms with E-state index in [0.29, 0.717) is 18.2 Å². The van der Waals surface area contributed by atoms with Crippen LogP contribution in [-0.2, 0) is 6.54 Å². The van der Waals surface area contributed by atoms with E-state index in [9.17, 15) is 9.18 Å². The molecule has 0 radical (unpaired) electrons. The number of carboxylic acid groups (broad SMARTS) is 1. The van der Waals surface area contributed by atoms with Crippen molar-refractivity contribution in [1.29, 1.82) is 0 Å². The first kappa shape index (κ1) is 14.5. The van der Waals surface area contributed by atoms with Gasteiger partial charge in [0.1, 0.15) is 5.82 Å². The van der Waals surface area contributed by atoms with Crippen molar-refractivity contribution in [2.75, 3.05) is 6.54 Å². The molecule has 21 heavy (non-hydrogen) atoms. The number of carbonyl (C=O) groups is 1. The molecule has 0 amide bonds. The van der Waals surface area contributed by atoms with Gasteiger partial charge in [-0.25, -0.2) is 9.18 Å². The largest absolute Gasteiger partial charge is 0.478 e. The summed E-state index contributed by atoms with van der Waals surface area (Å²) < 4.78 is 14.0. The zero-order valence-electron chi connectivity index (χ0n) is 12.2. The van der Waals surface area contributed by atoms with Gasteiger partial charge in [0.05, 0.1) is 5.56 Å². The molecule has 2 aliphatic rings. The molecule has 3 rings (SSSR count). The van der Waals surface area contributed by atoms with Crippen LogP contribution in [0.15, 0.2) is 18.2 Å². The first-order valence-electron chi connectivity index (χ1n) is 7.91. The Hall–Kier alpha value is -1.42. The SMILES string of the molecule is O=C(O)c1ccc(F)c(CN2CCC[C@H]3CCCC[C@H]32)c1. The first-order chi connectivity index (χ1) is 10.1. The van der Waals surface area contributed by atoms with E-state index in [0.717, 1.165) is 12.5 Å². The van der Waals surface area contributed by atoms with Gasteiger partial charge >= 0.3 is 5.97 Å². The summed E-state index contributed by atoms with van der Waals surface area (Å²) in [6.07, 6.45) is 7.52. The number of likely N-dealkylation sites (tertiary alicyclic amines) is 1. The number of rotatable bonds is 3. The van der Waals surface area contributed by atoms with E-state index in [1.165, 1.54) is 56.7 Å². The maximum absolute atomic E-state index is 14.0. The standard InChI is InChI=1S/C17H22FNO2/c18-15-8-7-13(17(20)21)10-14(15)11-19-9-3-5-12-4-1-2-6-16(12)19/h7-8,10,12,16H,1-6,9,11H2,(H,20,21)/t12-,16-/m1/s1. The second kappa shape index (κ2) is 6.14. The third-order valence-corrected chi connectivity index (χ3v) is 5.02. The second-order valence-electron chi connectivity index (χ2n) is 6.34. The van der Waals surface area contributed by atoms with Crippen molar-refractivity contribution in [2.45, 2.75) is 51.1 Å². The highest BCUT2D eigenvalue weighted by molar-refractivity contribution is 5.87. The van der Waals surface area contributed by atoms with E-state index in [2.05, 4.69) is 4.90 Å². The number of halogens is 1. The highest BCUT2D eigenvalue weighted by Gasteiger charge is 2.33. The quantitative estimate of drug-likeness (QED) is 0.923.